The number of hydrogen-bond donors (Lipinski definition) is 2. The first-order chi connectivity index (χ1) is 9.52. The molecule has 1 aliphatic heterocycles. The molecule has 0 bridgehead atoms. The van der Waals surface area contributed by atoms with Crippen molar-refractivity contribution in [2.45, 2.75) is 32.4 Å². The van der Waals surface area contributed by atoms with Crippen LogP contribution in [-0.4, -0.2) is 34.3 Å². The van der Waals surface area contributed by atoms with Crippen molar-refractivity contribution in [3.8, 4) is 0 Å². The zero-order chi connectivity index (χ0) is 14.7. The van der Waals surface area contributed by atoms with Crippen molar-refractivity contribution in [1.82, 2.24) is 9.88 Å². The maximum Gasteiger partial charge on any atom is 0.254 e. The highest BCUT2D eigenvalue weighted by atomic mass is 16.2. The number of aromatic nitrogens is 1. The number of carbonyl (C=O) groups excluding carboxylic acids is 2. The van der Waals surface area contributed by atoms with E-state index in [-0.39, 0.29) is 23.8 Å². The van der Waals surface area contributed by atoms with E-state index in [1.54, 1.807) is 23.2 Å². The fourth-order valence-electron chi connectivity index (χ4n) is 2.51. The molecule has 6 nitrogen and oxygen atoms in total. The van der Waals surface area contributed by atoms with E-state index < -0.39 is 0 Å². The number of likely N-dealkylation sites (tertiary alicyclic amines) is 1. The highest BCUT2D eigenvalue weighted by Crippen LogP contribution is 2.23. The molecule has 0 saturated carbocycles. The summed E-state index contributed by atoms with van der Waals surface area (Å²) in [4.78, 5) is 29.7. The molecule has 0 radical (unpaired) electrons. The number of pyridine rings is 1. The van der Waals surface area contributed by atoms with Gasteiger partial charge in [-0.15, -0.1) is 0 Å². The molecule has 2 amide bonds. The Morgan fingerprint density at radius 1 is 1.45 bits per heavy atom. The summed E-state index contributed by atoms with van der Waals surface area (Å²) in [6.45, 7) is 2.66. The van der Waals surface area contributed by atoms with Crippen LogP contribution in [-0.2, 0) is 11.3 Å². The summed E-state index contributed by atoms with van der Waals surface area (Å²) in [6.07, 6.45) is 3.11. The zero-order valence-corrected chi connectivity index (χ0v) is 11.6. The number of rotatable bonds is 3. The third-order valence-corrected chi connectivity index (χ3v) is 3.82. The first-order valence-corrected chi connectivity index (χ1v) is 6.78. The van der Waals surface area contributed by atoms with Crippen LogP contribution in [0.4, 0.5) is 0 Å². The molecule has 0 spiro atoms. The van der Waals surface area contributed by atoms with Crippen molar-refractivity contribution in [2.75, 3.05) is 6.54 Å². The van der Waals surface area contributed by atoms with E-state index in [0.29, 0.717) is 24.3 Å². The topological polar surface area (TPSA) is 102 Å². The number of nitrogens with two attached hydrogens (primary N) is 2. The Bertz CT molecular complexity index is 518. The summed E-state index contributed by atoms with van der Waals surface area (Å²) < 4.78 is 0. The Kier molecular flexibility index (Phi) is 4.34. The van der Waals surface area contributed by atoms with E-state index in [1.807, 2.05) is 6.92 Å². The Balaban J connectivity index is 2.19. The minimum atomic E-state index is -0.341. The third kappa shape index (κ3) is 2.96. The van der Waals surface area contributed by atoms with Crippen LogP contribution in [0, 0.1) is 5.92 Å². The molecular weight excluding hydrogens is 256 g/mol. The van der Waals surface area contributed by atoms with Crippen molar-refractivity contribution in [1.29, 1.82) is 0 Å². The SMILES string of the molecule is CC1CCC(C(N)=O)CN1C(=O)c1ccnc(CN)c1. The molecule has 2 rings (SSSR count). The maximum atomic E-state index is 12.6. The lowest BCUT2D eigenvalue weighted by molar-refractivity contribution is -0.123. The van der Waals surface area contributed by atoms with Gasteiger partial charge in [-0.2, -0.15) is 0 Å². The highest BCUT2D eigenvalue weighted by molar-refractivity contribution is 5.95. The normalized spacial score (nSPS) is 22.6. The van der Waals surface area contributed by atoms with Crippen LogP contribution in [0.15, 0.2) is 18.3 Å². The van der Waals surface area contributed by atoms with Gasteiger partial charge < -0.3 is 16.4 Å². The molecular formula is C14H20N4O2. The van der Waals surface area contributed by atoms with E-state index in [0.717, 1.165) is 12.8 Å². The number of carbonyl (C=O) groups is 2. The van der Waals surface area contributed by atoms with Crippen molar-refractivity contribution in [2.24, 2.45) is 17.4 Å². The standard InChI is InChI=1S/C14H20N4O2/c1-9-2-3-11(13(16)19)8-18(9)14(20)10-4-5-17-12(6-10)7-15/h4-6,9,11H,2-3,7-8,15H2,1H3,(H2,16,19). The average molecular weight is 276 g/mol. The molecule has 1 saturated heterocycles. The molecule has 2 unspecified atom stereocenters. The Hall–Kier alpha value is -1.95. The molecule has 0 aliphatic carbocycles. The average Bonchev–Trinajstić information content (AvgIpc) is 2.46. The lowest BCUT2D eigenvalue weighted by Gasteiger charge is -2.37. The third-order valence-electron chi connectivity index (χ3n) is 3.82. The van der Waals surface area contributed by atoms with Crippen LogP contribution in [0.5, 0.6) is 0 Å². The summed E-state index contributed by atoms with van der Waals surface area (Å²) in [6, 6.07) is 3.47. The number of nitrogens with zero attached hydrogens (tertiary/aromatic N) is 2. The molecule has 1 aromatic heterocycles. The van der Waals surface area contributed by atoms with Crippen LogP contribution in [0.25, 0.3) is 0 Å². The molecule has 4 N–H and O–H groups in total. The molecule has 2 atom stereocenters. The Morgan fingerprint density at radius 2 is 2.20 bits per heavy atom. The van der Waals surface area contributed by atoms with Crippen LogP contribution in [0.1, 0.15) is 35.8 Å². The van der Waals surface area contributed by atoms with E-state index >= 15 is 0 Å². The molecule has 108 valence electrons. The van der Waals surface area contributed by atoms with Gasteiger partial charge in [0.15, 0.2) is 0 Å². The number of primary amides is 1. The zero-order valence-electron chi connectivity index (χ0n) is 11.6. The van der Waals surface area contributed by atoms with Crippen molar-refractivity contribution in [3.05, 3.63) is 29.6 Å². The second-order valence-electron chi connectivity index (χ2n) is 5.22. The molecule has 0 aromatic carbocycles. The van der Waals surface area contributed by atoms with Gasteiger partial charge in [-0.1, -0.05) is 0 Å². The Labute approximate surface area is 118 Å². The highest BCUT2D eigenvalue weighted by Gasteiger charge is 2.32. The lowest BCUT2D eigenvalue weighted by Crippen LogP contribution is -2.48. The molecule has 1 fully saturated rings. The van der Waals surface area contributed by atoms with Crippen LogP contribution >= 0.6 is 0 Å². The first-order valence-electron chi connectivity index (χ1n) is 6.78. The van der Waals surface area contributed by atoms with Gasteiger partial charge in [0.2, 0.25) is 5.91 Å². The molecule has 1 aliphatic rings. The summed E-state index contributed by atoms with van der Waals surface area (Å²) in [5.41, 5.74) is 12.1. The summed E-state index contributed by atoms with van der Waals surface area (Å²) in [5.74, 6) is -0.696. The lowest BCUT2D eigenvalue weighted by atomic mass is 9.92. The molecule has 1 aromatic rings. The van der Waals surface area contributed by atoms with Gasteiger partial charge in [0, 0.05) is 30.9 Å². The van der Waals surface area contributed by atoms with Gasteiger partial charge in [-0.3, -0.25) is 14.6 Å². The summed E-state index contributed by atoms with van der Waals surface area (Å²) in [5, 5.41) is 0. The van der Waals surface area contributed by atoms with E-state index in [9.17, 15) is 9.59 Å². The van der Waals surface area contributed by atoms with E-state index in [1.165, 1.54) is 0 Å². The second kappa shape index (κ2) is 6.00. The van der Waals surface area contributed by atoms with Crippen molar-refractivity contribution < 1.29 is 9.59 Å². The van der Waals surface area contributed by atoms with E-state index in [2.05, 4.69) is 4.98 Å². The number of hydrogen-bond acceptors (Lipinski definition) is 4. The first kappa shape index (κ1) is 14.5. The smallest absolute Gasteiger partial charge is 0.254 e. The maximum absolute atomic E-state index is 12.6. The van der Waals surface area contributed by atoms with Crippen LogP contribution < -0.4 is 11.5 Å². The van der Waals surface area contributed by atoms with Crippen molar-refractivity contribution in [3.63, 3.8) is 0 Å². The molecule has 2 heterocycles. The predicted molar refractivity (Wildman–Crippen MR) is 74.5 cm³/mol. The van der Waals surface area contributed by atoms with Gasteiger partial charge in [0.05, 0.1) is 11.6 Å². The quantitative estimate of drug-likeness (QED) is 0.827. The molecule has 20 heavy (non-hydrogen) atoms. The largest absolute Gasteiger partial charge is 0.369 e. The summed E-state index contributed by atoms with van der Waals surface area (Å²) >= 11 is 0. The number of piperidine rings is 1. The summed E-state index contributed by atoms with van der Waals surface area (Å²) in [7, 11) is 0. The second-order valence-corrected chi connectivity index (χ2v) is 5.22. The fraction of sp³-hybridized carbons (Fsp3) is 0.500. The Morgan fingerprint density at radius 3 is 2.85 bits per heavy atom. The molecule has 6 heteroatoms. The van der Waals surface area contributed by atoms with Gasteiger partial charge in [0.25, 0.3) is 5.91 Å². The predicted octanol–water partition coefficient (Wildman–Crippen LogP) is 0.266. The number of amides is 2. The minimum absolute atomic E-state index is 0.0967. The van der Waals surface area contributed by atoms with Gasteiger partial charge >= 0.3 is 0 Å². The van der Waals surface area contributed by atoms with Crippen molar-refractivity contribution >= 4 is 11.8 Å². The van der Waals surface area contributed by atoms with Crippen LogP contribution in [0.3, 0.4) is 0 Å². The van der Waals surface area contributed by atoms with Crippen LogP contribution in [0.2, 0.25) is 0 Å². The minimum Gasteiger partial charge on any atom is -0.369 e. The fourth-order valence-corrected chi connectivity index (χ4v) is 2.51. The van der Waals surface area contributed by atoms with Gasteiger partial charge in [-0.25, -0.2) is 0 Å². The van der Waals surface area contributed by atoms with Gasteiger partial charge in [0.1, 0.15) is 0 Å². The van der Waals surface area contributed by atoms with Gasteiger partial charge in [-0.05, 0) is 31.9 Å². The monoisotopic (exact) mass is 276 g/mol. The van der Waals surface area contributed by atoms with E-state index in [4.69, 9.17) is 11.5 Å².